The summed E-state index contributed by atoms with van der Waals surface area (Å²) in [5.74, 6) is 0.183. The van der Waals surface area contributed by atoms with Crippen molar-refractivity contribution in [2.24, 2.45) is 4.99 Å². The van der Waals surface area contributed by atoms with Crippen LogP contribution in [0.3, 0.4) is 0 Å². The van der Waals surface area contributed by atoms with E-state index in [4.69, 9.17) is 4.74 Å². The predicted molar refractivity (Wildman–Crippen MR) is 127 cm³/mol. The van der Waals surface area contributed by atoms with Crippen LogP contribution in [0.5, 0.6) is 0 Å². The smallest absolute Gasteiger partial charge is 0.263 e. The number of benzene rings is 1. The maximum atomic E-state index is 13.4. The quantitative estimate of drug-likeness (QED) is 0.587. The van der Waals surface area contributed by atoms with E-state index in [2.05, 4.69) is 14.6 Å². The van der Waals surface area contributed by atoms with Crippen LogP contribution in [-0.2, 0) is 24.3 Å². The molecule has 1 atom stereocenters. The Morgan fingerprint density at radius 3 is 2.44 bits per heavy atom. The van der Waals surface area contributed by atoms with Gasteiger partial charge in [-0.05, 0) is 18.6 Å². The van der Waals surface area contributed by atoms with Crippen LogP contribution in [-0.4, -0.2) is 106 Å². The van der Waals surface area contributed by atoms with Crippen molar-refractivity contribution in [1.29, 1.82) is 0 Å². The largest absolute Gasteiger partial charge is 0.379 e. The number of carbonyl (C=O) groups excluding carboxylic acids is 2. The molecule has 0 bridgehead atoms. The van der Waals surface area contributed by atoms with Gasteiger partial charge in [0.2, 0.25) is 11.8 Å². The van der Waals surface area contributed by atoms with Crippen molar-refractivity contribution >= 4 is 27.7 Å². The summed E-state index contributed by atoms with van der Waals surface area (Å²) in [5.41, 5.74) is 0.496. The van der Waals surface area contributed by atoms with E-state index in [0.29, 0.717) is 57.9 Å². The Hall–Kier alpha value is -2.50. The molecule has 3 aliphatic rings. The first-order valence-electron chi connectivity index (χ1n) is 12.0. The van der Waals surface area contributed by atoms with Crippen LogP contribution < -0.4 is 4.72 Å². The summed E-state index contributed by atoms with van der Waals surface area (Å²) in [6, 6.07) is 6.00. The molecule has 1 aromatic carbocycles. The maximum absolute atomic E-state index is 13.4. The number of sulfonamides is 1. The number of hydrogen-bond acceptors (Lipinski definition) is 7. The van der Waals surface area contributed by atoms with Gasteiger partial charge in [0.15, 0.2) is 0 Å². The third-order valence-electron chi connectivity index (χ3n) is 6.47. The summed E-state index contributed by atoms with van der Waals surface area (Å²) in [7, 11) is -3.66. The Bertz CT molecular complexity index is 1030. The first-order chi connectivity index (χ1) is 16.4. The summed E-state index contributed by atoms with van der Waals surface area (Å²) >= 11 is 0. The number of aliphatic imine (C=N–C) groups is 1. The maximum Gasteiger partial charge on any atom is 0.263 e. The summed E-state index contributed by atoms with van der Waals surface area (Å²) in [6.45, 7) is 7.11. The van der Waals surface area contributed by atoms with E-state index in [9.17, 15) is 18.0 Å². The van der Waals surface area contributed by atoms with Crippen LogP contribution in [0, 0.1) is 0 Å². The minimum Gasteiger partial charge on any atom is -0.379 e. The highest BCUT2D eigenvalue weighted by molar-refractivity contribution is 7.90. The van der Waals surface area contributed by atoms with Crippen LogP contribution in [0.4, 0.5) is 0 Å². The Balaban J connectivity index is 1.41. The molecule has 1 aromatic rings. The van der Waals surface area contributed by atoms with Crippen molar-refractivity contribution in [2.45, 2.75) is 37.1 Å². The summed E-state index contributed by atoms with van der Waals surface area (Å²) in [6.07, 6.45) is 2.25. The Morgan fingerprint density at radius 2 is 1.74 bits per heavy atom. The van der Waals surface area contributed by atoms with E-state index in [1.165, 1.54) is 6.07 Å². The first kappa shape index (κ1) is 24.6. The fourth-order valence-electron chi connectivity index (χ4n) is 4.46. The van der Waals surface area contributed by atoms with Crippen LogP contribution in [0.2, 0.25) is 0 Å². The first-order valence-corrected chi connectivity index (χ1v) is 13.4. The molecule has 0 spiro atoms. The van der Waals surface area contributed by atoms with Gasteiger partial charge in [0.05, 0.1) is 24.7 Å². The number of rotatable bonds is 7. The van der Waals surface area contributed by atoms with Gasteiger partial charge in [0.25, 0.3) is 10.0 Å². The number of amides is 2. The van der Waals surface area contributed by atoms with Crippen molar-refractivity contribution in [3.05, 3.63) is 29.8 Å². The van der Waals surface area contributed by atoms with E-state index >= 15 is 0 Å². The summed E-state index contributed by atoms with van der Waals surface area (Å²) in [5, 5.41) is 0. The molecule has 3 heterocycles. The molecule has 2 saturated heterocycles. The Morgan fingerprint density at radius 1 is 1.06 bits per heavy atom. The summed E-state index contributed by atoms with van der Waals surface area (Å²) in [4.78, 5) is 36.5. The number of unbranched alkanes of at least 4 members (excludes halogenated alkanes) is 1. The van der Waals surface area contributed by atoms with Crippen LogP contribution >= 0.6 is 0 Å². The average molecular weight is 492 g/mol. The van der Waals surface area contributed by atoms with Crippen molar-refractivity contribution in [3.63, 3.8) is 0 Å². The number of hydrogen-bond donors (Lipinski definition) is 1. The highest BCUT2D eigenvalue weighted by atomic mass is 32.2. The number of nitrogens with zero attached hydrogens (tertiary/aromatic N) is 4. The molecule has 34 heavy (non-hydrogen) atoms. The van der Waals surface area contributed by atoms with Gasteiger partial charge in [-0.2, -0.15) is 0 Å². The van der Waals surface area contributed by atoms with Gasteiger partial charge in [-0.3, -0.25) is 24.2 Å². The molecule has 0 aliphatic carbocycles. The van der Waals surface area contributed by atoms with Gasteiger partial charge in [0.1, 0.15) is 11.9 Å². The lowest BCUT2D eigenvalue weighted by atomic mass is 10.1. The number of ether oxygens (including phenoxy) is 1. The molecule has 0 radical (unpaired) electrons. The fourth-order valence-corrected chi connectivity index (χ4v) is 5.70. The van der Waals surface area contributed by atoms with Crippen LogP contribution in [0.25, 0.3) is 0 Å². The van der Waals surface area contributed by atoms with Gasteiger partial charge >= 0.3 is 0 Å². The van der Waals surface area contributed by atoms with Crippen molar-refractivity contribution < 1.29 is 22.7 Å². The number of piperazine rings is 1. The number of carbonyl (C=O) groups is 2. The Labute approximate surface area is 201 Å². The zero-order valence-corrected chi connectivity index (χ0v) is 20.4. The molecular formula is C23H33N5O5S. The number of amidine groups is 1. The molecule has 3 aliphatic heterocycles. The van der Waals surface area contributed by atoms with E-state index in [-0.39, 0.29) is 22.5 Å². The van der Waals surface area contributed by atoms with E-state index in [1.54, 1.807) is 23.1 Å². The lowest BCUT2D eigenvalue weighted by Gasteiger charge is -2.37. The van der Waals surface area contributed by atoms with Crippen molar-refractivity contribution in [2.75, 3.05) is 59.0 Å². The predicted octanol–water partition coefficient (Wildman–Crippen LogP) is 0.287. The third-order valence-corrected chi connectivity index (χ3v) is 7.87. The number of morpholine rings is 1. The highest BCUT2D eigenvalue weighted by Crippen LogP contribution is 2.23. The normalized spacial score (nSPS) is 22.3. The third kappa shape index (κ3) is 5.59. The second kappa shape index (κ2) is 10.8. The van der Waals surface area contributed by atoms with Gasteiger partial charge in [-0.1, -0.05) is 31.9 Å². The van der Waals surface area contributed by atoms with Gasteiger partial charge < -0.3 is 14.5 Å². The van der Waals surface area contributed by atoms with Crippen LogP contribution in [0.15, 0.2) is 34.2 Å². The topological polar surface area (TPSA) is 112 Å². The molecule has 4 rings (SSSR count). The van der Waals surface area contributed by atoms with E-state index in [1.807, 2.05) is 11.8 Å². The van der Waals surface area contributed by atoms with Gasteiger partial charge in [0, 0.05) is 44.8 Å². The zero-order chi connectivity index (χ0) is 24.1. The lowest BCUT2D eigenvalue weighted by molar-refractivity contribution is -0.141. The second-order valence-corrected chi connectivity index (χ2v) is 10.5. The minimum absolute atomic E-state index is 0.0775. The molecular weight excluding hydrogens is 458 g/mol. The van der Waals surface area contributed by atoms with Crippen LogP contribution in [0.1, 0.15) is 31.7 Å². The minimum atomic E-state index is -3.66. The molecule has 2 fully saturated rings. The fraction of sp³-hybridized carbons (Fsp3) is 0.609. The molecule has 1 unspecified atom stereocenters. The van der Waals surface area contributed by atoms with E-state index < -0.39 is 16.1 Å². The highest BCUT2D eigenvalue weighted by Gasteiger charge is 2.34. The molecule has 11 heteroatoms. The Kier molecular flexibility index (Phi) is 7.84. The monoisotopic (exact) mass is 491 g/mol. The number of fused-ring (bicyclic) bond motifs is 1. The standard InChI is InChI=1S/C23H33N5O5S/c1-2-3-7-19(24-22-18-6-4-5-8-20(18)34(31,32)25-22)23(30)28-11-9-27(10-12-28)21(29)17-26-13-15-33-16-14-26/h4-6,8,19H,2-3,7,9-17H2,1H3,(H,24,25). The number of nitrogens with one attached hydrogen (secondary N) is 1. The zero-order valence-electron chi connectivity index (χ0n) is 19.6. The lowest BCUT2D eigenvalue weighted by Crippen LogP contribution is -2.54. The SMILES string of the molecule is CCCCC(N=C1NS(=O)(=O)c2ccccc21)C(=O)N1CCN(C(=O)CN2CCOCC2)CC1. The molecule has 0 aromatic heterocycles. The van der Waals surface area contributed by atoms with Gasteiger partial charge in [-0.25, -0.2) is 8.42 Å². The molecule has 2 amide bonds. The van der Waals surface area contributed by atoms with Gasteiger partial charge in [-0.15, -0.1) is 0 Å². The molecule has 1 N–H and O–H groups in total. The van der Waals surface area contributed by atoms with E-state index in [0.717, 1.165) is 25.9 Å². The molecule has 186 valence electrons. The van der Waals surface area contributed by atoms with Crippen molar-refractivity contribution in [3.8, 4) is 0 Å². The second-order valence-electron chi connectivity index (χ2n) is 8.83. The van der Waals surface area contributed by atoms with Crippen molar-refractivity contribution in [1.82, 2.24) is 19.4 Å². The molecule has 0 saturated carbocycles. The summed E-state index contributed by atoms with van der Waals surface area (Å²) < 4.78 is 32.7. The average Bonchev–Trinajstić information content (AvgIpc) is 3.11. The molecule has 10 nitrogen and oxygen atoms in total.